The molecule has 80 valence electrons. The Labute approximate surface area is 95.9 Å². The lowest BCUT2D eigenvalue weighted by molar-refractivity contribution is -0.137. The summed E-state index contributed by atoms with van der Waals surface area (Å²) in [5.41, 5.74) is 0.757. The number of esters is 1. The maximum Gasteiger partial charge on any atom is 0.330 e. The molecule has 0 saturated heterocycles. The van der Waals surface area contributed by atoms with E-state index in [1.165, 1.54) is 18.2 Å². The summed E-state index contributed by atoms with van der Waals surface area (Å²) >= 11 is 3.14. The van der Waals surface area contributed by atoms with Gasteiger partial charge in [0.25, 0.3) is 0 Å². The first kappa shape index (κ1) is 11.9. The number of alkyl halides is 1. The van der Waals surface area contributed by atoms with Crippen LogP contribution in [0.2, 0.25) is 0 Å². The summed E-state index contributed by atoms with van der Waals surface area (Å²) < 4.78 is 17.3. The molecule has 0 aliphatic carbocycles. The molecule has 0 saturated carbocycles. The van der Waals surface area contributed by atoms with Gasteiger partial charge in [-0.1, -0.05) is 28.1 Å². The molecule has 0 atom stereocenters. The van der Waals surface area contributed by atoms with E-state index in [2.05, 4.69) is 15.9 Å². The Morgan fingerprint density at radius 2 is 2.07 bits per heavy atom. The standard InChI is InChI=1S/C11H10BrFO2/c12-7-8-15-11(14)6-3-9-1-4-10(13)5-2-9/h1-6H,7-8H2. The highest BCUT2D eigenvalue weighted by molar-refractivity contribution is 9.09. The minimum atomic E-state index is -0.404. The Morgan fingerprint density at radius 3 is 2.67 bits per heavy atom. The van der Waals surface area contributed by atoms with Gasteiger partial charge in [-0.2, -0.15) is 0 Å². The fraction of sp³-hybridized carbons (Fsp3) is 0.182. The summed E-state index contributed by atoms with van der Waals surface area (Å²) in [7, 11) is 0. The van der Waals surface area contributed by atoms with E-state index in [1.54, 1.807) is 18.2 Å². The molecular weight excluding hydrogens is 263 g/mol. The van der Waals surface area contributed by atoms with Gasteiger partial charge in [0.2, 0.25) is 0 Å². The first-order chi connectivity index (χ1) is 7.22. The smallest absolute Gasteiger partial charge is 0.330 e. The summed E-state index contributed by atoms with van der Waals surface area (Å²) in [5, 5.41) is 0.614. The molecule has 0 spiro atoms. The third kappa shape index (κ3) is 4.74. The minimum absolute atomic E-state index is 0.297. The summed E-state index contributed by atoms with van der Waals surface area (Å²) in [6.07, 6.45) is 2.89. The molecule has 0 unspecified atom stereocenters. The van der Waals surface area contributed by atoms with Gasteiger partial charge in [-0.25, -0.2) is 9.18 Å². The van der Waals surface area contributed by atoms with Gasteiger partial charge < -0.3 is 4.74 Å². The second kappa shape index (κ2) is 6.35. The van der Waals surface area contributed by atoms with Crippen molar-refractivity contribution in [2.24, 2.45) is 0 Å². The lowest BCUT2D eigenvalue weighted by Crippen LogP contribution is -2.02. The third-order valence-electron chi connectivity index (χ3n) is 1.60. The van der Waals surface area contributed by atoms with Crippen molar-refractivity contribution >= 4 is 28.0 Å². The SMILES string of the molecule is O=C(C=Cc1ccc(F)cc1)OCCBr. The van der Waals surface area contributed by atoms with Crippen molar-refractivity contribution < 1.29 is 13.9 Å². The highest BCUT2D eigenvalue weighted by Gasteiger charge is 1.95. The van der Waals surface area contributed by atoms with Gasteiger partial charge in [0.1, 0.15) is 12.4 Å². The molecule has 15 heavy (non-hydrogen) atoms. The summed E-state index contributed by atoms with van der Waals surface area (Å²) in [4.78, 5) is 11.0. The molecule has 1 aromatic rings. The first-order valence-electron chi connectivity index (χ1n) is 4.39. The van der Waals surface area contributed by atoms with Crippen LogP contribution < -0.4 is 0 Å². The van der Waals surface area contributed by atoms with Crippen LogP contribution in [0.5, 0.6) is 0 Å². The zero-order valence-corrected chi connectivity index (χ0v) is 9.54. The highest BCUT2D eigenvalue weighted by atomic mass is 79.9. The maximum absolute atomic E-state index is 12.5. The van der Waals surface area contributed by atoms with Crippen LogP contribution in [-0.4, -0.2) is 17.9 Å². The molecule has 0 aromatic heterocycles. The average Bonchev–Trinajstić information content (AvgIpc) is 2.25. The number of rotatable bonds is 4. The fourth-order valence-electron chi connectivity index (χ4n) is 0.925. The van der Waals surface area contributed by atoms with Crippen LogP contribution in [0.15, 0.2) is 30.3 Å². The second-order valence-electron chi connectivity index (χ2n) is 2.74. The molecule has 0 aliphatic rings. The minimum Gasteiger partial charge on any atom is -0.462 e. The number of ether oxygens (including phenoxy) is 1. The van der Waals surface area contributed by atoms with Crippen molar-refractivity contribution in [2.45, 2.75) is 0 Å². The predicted molar refractivity (Wildman–Crippen MR) is 60.2 cm³/mol. The monoisotopic (exact) mass is 272 g/mol. The van der Waals surface area contributed by atoms with Crippen LogP contribution in [0.1, 0.15) is 5.56 Å². The molecule has 4 heteroatoms. The highest BCUT2D eigenvalue weighted by Crippen LogP contribution is 2.04. The molecule has 1 aromatic carbocycles. The zero-order chi connectivity index (χ0) is 11.1. The lowest BCUT2D eigenvalue weighted by atomic mass is 10.2. The average molecular weight is 273 g/mol. The van der Waals surface area contributed by atoms with Crippen LogP contribution in [-0.2, 0) is 9.53 Å². The number of carbonyl (C=O) groups excluding carboxylic acids is 1. The third-order valence-corrected chi connectivity index (χ3v) is 1.93. The molecule has 0 fully saturated rings. The van der Waals surface area contributed by atoms with Crippen molar-refractivity contribution in [2.75, 3.05) is 11.9 Å². The van der Waals surface area contributed by atoms with Gasteiger partial charge in [-0.05, 0) is 23.8 Å². The Kier molecular flexibility index (Phi) is 5.04. The van der Waals surface area contributed by atoms with E-state index in [1.807, 2.05) is 0 Å². The van der Waals surface area contributed by atoms with Gasteiger partial charge in [0, 0.05) is 11.4 Å². The van der Waals surface area contributed by atoms with Gasteiger partial charge in [-0.3, -0.25) is 0 Å². The summed E-state index contributed by atoms with van der Waals surface area (Å²) in [5.74, 6) is -0.701. The first-order valence-corrected chi connectivity index (χ1v) is 5.51. The summed E-state index contributed by atoms with van der Waals surface area (Å²) in [6, 6.07) is 5.85. The second-order valence-corrected chi connectivity index (χ2v) is 3.53. The predicted octanol–water partition coefficient (Wildman–Crippen LogP) is 2.78. The molecule has 0 aliphatic heterocycles. The molecular formula is C11H10BrFO2. The Balaban J connectivity index is 2.50. The zero-order valence-electron chi connectivity index (χ0n) is 7.95. The lowest BCUT2D eigenvalue weighted by Gasteiger charge is -1.96. The van der Waals surface area contributed by atoms with Gasteiger partial charge in [0.15, 0.2) is 0 Å². The Bertz CT molecular complexity index is 346. The van der Waals surface area contributed by atoms with Crippen molar-refractivity contribution in [1.29, 1.82) is 0 Å². The molecule has 0 N–H and O–H groups in total. The molecule has 0 heterocycles. The number of carbonyl (C=O) groups is 1. The number of benzene rings is 1. The van der Waals surface area contributed by atoms with Crippen molar-refractivity contribution in [3.63, 3.8) is 0 Å². The van der Waals surface area contributed by atoms with Crippen molar-refractivity contribution in [3.05, 3.63) is 41.7 Å². The fourth-order valence-corrected chi connectivity index (χ4v) is 1.09. The molecule has 2 nitrogen and oxygen atoms in total. The molecule has 0 radical (unpaired) electrons. The maximum atomic E-state index is 12.5. The van der Waals surface area contributed by atoms with E-state index in [9.17, 15) is 9.18 Å². The summed E-state index contributed by atoms with van der Waals surface area (Å²) in [6.45, 7) is 0.340. The van der Waals surface area contributed by atoms with E-state index in [4.69, 9.17) is 4.74 Å². The largest absolute Gasteiger partial charge is 0.462 e. The van der Waals surface area contributed by atoms with Crippen LogP contribution in [0, 0.1) is 5.82 Å². The van der Waals surface area contributed by atoms with Crippen molar-refractivity contribution in [1.82, 2.24) is 0 Å². The molecule has 0 amide bonds. The number of halogens is 2. The number of hydrogen-bond donors (Lipinski definition) is 0. The van der Waals surface area contributed by atoms with Crippen LogP contribution >= 0.6 is 15.9 Å². The normalized spacial score (nSPS) is 10.5. The topological polar surface area (TPSA) is 26.3 Å². The van der Waals surface area contributed by atoms with E-state index in [0.717, 1.165) is 5.56 Å². The van der Waals surface area contributed by atoms with E-state index < -0.39 is 5.97 Å². The number of hydrogen-bond acceptors (Lipinski definition) is 2. The Hall–Kier alpha value is -1.16. The van der Waals surface area contributed by atoms with Crippen molar-refractivity contribution in [3.8, 4) is 0 Å². The van der Waals surface area contributed by atoms with E-state index in [-0.39, 0.29) is 5.82 Å². The van der Waals surface area contributed by atoms with Gasteiger partial charge in [0.05, 0.1) is 0 Å². The quantitative estimate of drug-likeness (QED) is 0.479. The van der Waals surface area contributed by atoms with Crippen LogP contribution in [0.4, 0.5) is 4.39 Å². The molecule has 1 rings (SSSR count). The van der Waals surface area contributed by atoms with E-state index in [0.29, 0.717) is 11.9 Å². The van der Waals surface area contributed by atoms with Gasteiger partial charge in [-0.15, -0.1) is 0 Å². The van der Waals surface area contributed by atoms with Gasteiger partial charge >= 0.3 is 5.97 Å². The molecule has 0 bridgehead atoms. The van der Waals surface area contributed by atoms with Crippen LogP contribution in [0.25, 0.3) is 6.08 Å². The Morgan fingerprint density at radius 1 is 1.40 bits per heavy atom. The van der Waals surface area contributed by atoms with Crippen LogP contribution in [0.3, 0.4) is 0 Å². The van der Waals surface area contributed by atoms with E-state index >= 15 is 0 Å².